The third-order valence-corrected chi connectivity index (χ3v) is 7.64. The number of rotatable bonds is 9. The number of hydrogen-bond donors (Lipinski definition) is 2. The molecule has 13 heteroatoms. The molecule has 2 aromatic carbocycles. The van der Waals surface area contributed by atoms with Gasteiger partial charge < -0.3 is 10.1 Å². The van der Waals surface area contributed by atoms with E-state index in [0.29, 0.717) is 22.6 Å². The van der Waals surface area contributed by atoms with Gasteiger partial charge in [0.05, 0.1) is 23.4 Å². The third kappa shape index (κ3) is 5.14. The molecule has 0 bridgehead atoms. The summed E-state index contributed by atoms with van der Waals surface area (Å²) in [5, 5.41) is 4.90. The Hall–Kier alpha value is -3.94. The fourth-order valence-corrected chi connectivity index (χ4v) is 5.42. The highest BCUT2D eigenvalue weighted by atomic mass is 32.2. The van der Waals surface area contributed by atoms with E-state index >= 15 is 0 Å². The minimum atomic E-state index is -3.78. The fourth-order valence-electron chi connectivity index (χ4n) is 3.67. The Balaban J connectivity index is 1.36. The van der Waals surface area contributed by atoms with Crippen LogP contribution in [-0.2, 0) is 10.0 Å². The lowest BCUT2D eigenvalue weighted by molar-refractivity contribution is 0.387. The maximum atomic E-state index is 14.0. The third-order valence-electron chi connectivity index (χ3n) is 5.41. The van der Waals surface area contributed by atoms with E-state index in [4.69, 9.17) is 9.72 Å². The van der Waals surface area contributed by atoms with Crippen LogP contribution in [0.15, 0.2) is 71.2 Å². The monoisotopic (exact) mass is 542 g/mol. The Kier molecular flexibility index (Phi) is 6.82. The van der Waals surface area contributed by atoms with Gasteiger partial charge in [0, 0.05) is 36.4 Å². The molecule has 0 aliphatic rings. The van der Waals surface area contributed by atoms with Crippen LogP contribution in [0.4, 0.5) is 14.7 Å². The number of sulfonamides is 1. The van der Waals surface area contributed by atoms with Gasteiger partial charge >= 0.3 is 0 Å². The SMILES string of the molecule is COc1cc(-c2nc3sccn3c2-c2ccnc(NCCNS(=O)(=O)c3ccc(F)cc3)n2)ccc1F. The molecule has 0 saturated heterocycles. The second kappa shape index (κ2) is 10.2. The van der Waals surface area contributed by atoms with Crippen LogP contribution in [0.5, 0.6) is 5.75 Å². The Morgan fingerprint density at radius 2 is 1.86 bits per heavy atom. The summed E-state index contributed by atoms with van der Waals surface area (Å²) in [5.74, 6) is -0.603. The van der Waals surface area contributed by atoms with E-state index < -0.39 is 21.7 Å². The lowest BCUT2D eigenvalue weighted by Crippen LogP contribution is -2.29. The van der Waals surface area contributed by atoms with Crippen LogP contribution in [0.1, 0.15) is 0 Å². The quantitative estimate of drug-likeness (QED) is 0.269. The van der Waals surface area contributed by atoms with Gasteiger partial charge in [-0.2, -0.15) is 0 Å². The molecule has 0 aliphatic heterocycles. The van der Waals surface area contributed by atoms with E-state index in [2.05, 4.69) is 20.0 Å². The smallest absolute Gasteiger partial charge is 0.240 e. The molecular weight excluding hydrogens is 522 g/mol. The van der Waals surface area contributed by atoms with Gasteiger partial charge in [-0.05, 0) is 48.5 Å². The number of nitrogens with one attached hydrogen (secondary N) is 2. The van der Waals surface area contributed by atoms with Gasteiger partial charge in [0.1, 0.15) is 11.5 Å². The second-order valence-corrected chi connectivity index (χ2v) is 10.4. The lowest BCUT2D eigenvalue weighted by atomic mass is 10.1. The minimum absolute atomic E-state index is 0.0300. The molecular formula is C24H20F2N6O3S2. The van der Waals surface area contributed by atoms with E-state index in [-0.39, 0.29) is 29.7 Å². The predicted molar refractivity (Wildman–Crippen MR) is 136 cm³/mol. The van der Waals surface area contributed by atoms with Crippen molar-refractivity contribution in [2.45, 2.75) is 4.90 Å². The molecule has 2 N–H and O–H groups in total. The van der Waals surface area contributed by atoms with Crippen LogP contribution in [-0.4, -0.2) is 48.0 Å². The Labute approximate surface area is 214 Å². The summed E-state index contributed by atoms with van der Waals surface area (Å²) in [4.78, 5) is 14.2. The van der Waals surface area contributed by atoms with Gasteiger partial charge in [0.2, 0.25) is 16.0 Å². The molecule has 3 aromatic heterocycles. The van der Waals surface area contributed by atoms with Crippen molar-refractivity contribution in [3.05, 3.63) is 77.9 Å². The van der Waals surface area contributed by atoms with Gasteiger partial charge in [-0.1, -0.05) is 0 Å². The number of halogens is 2. The van der Waals surface area contributed by atoms with E-state index in [1.165, 1.54) is 36.6 Å². The highest BCUT2D eigenvalue weighted by Gasteiger charge is 2.20. The van der Waals surface area contributed by atoms with Gasteiger partial charge in [-0.15, -0.1) is 11.3 Å². The first-order valence-electron chi connectivity index (χ1n) is 11.0. The molecule has 0 amide bonds. The van der Waals surface area contributed by atoms with Gasteiger partial charge in [0.25, 0.3) is 0 Å². The van der Waals surface area contributed by atoms with Crippen molar-refractivity contribution < 1.29 is 21.9 Å². The molecule has 0 fully saturated rings. The number of aromatic nitrogens is 4. The molecule has 5 rings (SSSR count). The van der Waals surface area contributed by atoms with Crippen LogP contribution in [0.2, 0.25) is 0 Å². The fraction of sp³-hybridized carbons (Fsp3) is 0.125. The topological polar surface area (TPSA) is 111 Å². The zero-order chi connectivity index (χ0) is 26.0. The molecule has 5 aromatic rings. The lowest BCUT2D eigenvalue weighted by Gasteiger charge is -2.10. The Morgan fingerprint density at radius 3 is 2.65 bits per heavy atom. The van der Waals surface area contributed by atoms with Crippen molar-refractivity contribution in [3.63, 3.8) is 0 Å². The molecule has 0 aliphatic carbocycles. The molecule has 0 atom stereocenters. The predicted octanol–water partition coefficient (Wildman–Crippen LogP) is 4.20. The van der Waals surface area contributed by atoms with E-state index in [1.54, 1.807) is 24.4 Å². The summed E-state index contributed by atoms with van der Waals surface area (Å²) in [6.07, 6.45) is 3.44. The first-order valence-corrected chi connectivity index (χ1v) is 13.3. The molecule has 0 radical (unpaired) electrons. The molecule has 37 heavy (non-hydrogen) atoms. The molecule has 0 unspecified atom stereocenters. The molecule has 0 saturated carbocycles. The summed E-state index contributed by atoms with van der Waals surface area (Å²) in [6.45, 7) is 0.252. The number of imidazole rings is 1. The number of benzene rings is 2. The maximum Gasteiger partial charge on any atom is 0.240 e. The number of nitrogens with zero attached hydrogens (tertiary/aromatic N) is 4. The molecule has 9 nitrogen and oxygen atoms in total. The van der Waals surface area contributed by atoms with Crippen molar-refractivity contribution in [2.75, 3.05) is 25.5 Å². The molecule has 0 spiro atoms. The van der Waals surface area contributed by atoms with E-state index in [0.717, 1.165) is 17.1 Å². The van der Waals surface area contributed by atoms with Crippen LogP contribution >= 0.6 is 11.3 Å². The van der Waals surface area contributed by atoms with Crippen molar-refractivity contribution in [1.29, 1.82) is 0 Å². The Morgan fingerprint density at radius 1 is 1.05 bits per heavy atom. The number of anilines is 1. The van der Waals surface area contributed by atoms with Gasteiger partial charge in [-0.3, -0.25) is 4.40 Å². The van der Waals surface area contributed by atoms with Crippen molar-refractivity contribution >= 4 is 32.3 Å². The summed E-state index contributed by atoms with van der Waals surface area (Å²) in [6, 6.07) is 10.8. The summed E-state index contributed by atoms with van der Waals surface area (Å²) in [5.41, 5.74) is 2.51. The summed E-state index contributed by atoms with van der Waals surface area (Å²) in [7, 11) is -2.38. The number of ether oxygens (including phenoxy) is 1. The average Bonchev–Trinajstić information content (AvgIpc) is 3.49. The average molecular weight is 543 g/mol. The zero-order valence-corrected chi connectivity index (χ0v) is 21.0. The van der Waals surface area contributed by atoms with Crippen LogP contribution < -0.4 is 14.8 Å². The zero-order valence-electron chi connectivity index (χ0n) is 19.4. The van der Waals surface area contributed by atoms with Crippen molar-refractivity contribution in [3.8, 4) is 28.4 Å². The number of methoxy groups -OCH3 is 1. The summed E-state index contributed by atoms with van der Waals surface area (Å²) < 4.78 is 61.3. The minimum Gasteiger partial charge on any atom is -0.494 e. The molecule has 3 heterocycles. The first-order chi connectivity index (χ1) is 17.9. The number of thiazole rings is 1. The van der Waals surface area contributed by atoms with Crippen LogP contribution in [0.25, 0.3) is 27.6 Å². The van der Waals surface area contributed by atoms with Crippen molar-refractivity contribution in [1.82, 2.24) is 24.1 Å². The van der Waals surface area contributed by atoms with E-state index in [1.807, 2.05) is 16.0 Å². The highest BCUT2D eigenvalue weighted by Crippen LogP contribution is 2.35. The highest BCUT2D eigenvalue weighted by molar-refractivity contribution is 7.89. The number of hydrogen-bond acceptors (Lipinski definition) is 8. The standard InChI is InChI=1S/C24H20F2N6O3S2/c1-35-20-14-15(2-7-18(20)26)21-22(32-12-13-36-24(32)31-21)19-8-9-27-23(30-19)28-10-11-29-37(33,34)17-5-3-16(25)4-6-17/h2-9,12-14,29H,10-11H2,1H3,(H,27,28,30). The van der Waals surface area contributed by atoms with Gasteiger partial charge in [-0.25, -0.2) is 36.9 Å². The normalized spacial score (nSPS) is 11.6. The molecule has 190 valence electrons. The first kappa shape index (κ1) is 24.7. The van der Waals surface area contributed by atoms with Crippen LogP contribution in [0.3, 0.4) is 0 Å². The maximum absolute atomic E-state index is 14.0. The Bertz CT molecular complexity index is 1670. The van der Waals surface area contributed by atoms with Gasteiger partial charge in [0.15, 0.2) is 16.5 Å². The number of fused-ring (bicyclic) bond motifs is 1. The summed E-state index contributed by atoms with van der Waals surface area (Å²) >= 11 is 1.45. The largest absolute Gasteiger partial charge is 0.494 e. The van der Waals surface area contributed by atoms with E-state index in [9.17, 15) is 17.2 Å². The second-order valence-electron chi connectivity index (χ2n) is 7.76. The van der Waals surface area contributed by atoms with Crippen LogP contribution in [0, 0.1) is 11.6 Å². The van der Waals surface area contributed by atoms with Crippen molar-refractivity contribution in [2.24, 2.45) is 0 Å².